The number of rotatable bonds is 7. The number of carbonyl (C=O) groups excluding carboxylic acids is 2. The summed E-state index contributed by atoms with van der Waals surface area (Å²) in [5.41, 5.74) is 0.0455. The standard InChI is InChI=1S/C22H23N3O8/c1-11(2)33-21(27)17-18(12-5-7-14(31-3)8-6-12)23-22(28)24-19(17)15-9-13(25(29)30)10-16(32-4)20(15)26/h5-11,19,26H,1-4H3,(H2,23,24,28). The van der Waals surface area contributed by atoms with Crippen LogP contribution in [-0.4, -0.2) is 42.4 Å². The van der Waals surface area contributed by atoms with E-state index in [1.54, 1.807) is 38.1 Å². The monoisotopic (exact) mass is 457 g/mol. The second kappa shape index (κ2) is 9.47. The van der Waals surface area contributed by atoms with Crippen LogP contribution in [0.4, 0.5) is 10.5 Å². The Labute approximate surface area is 189 Å². The first-order valence-corrected chi connectivity index (χ1v) is 9.88. The largest absolute Gasteiger partial charge is 0.504 e. The molecule has 0 radical (unpaired) electrons. The van der Waals surface area contributed by atoms with E-state index in [2.05, 4.69) is 10.6 Å². The van der Waals surface area contributed by atoms with Crippen LogP contribution in [0, 0.1) is 10.1 Å². The number of phenols is 1. The Bertz CT molecular complexity index is 1130. The predicted molar refractivity (Wildman–Crippen MR) is 117 cm³/mol. The zero-order chi connectivity index (χ0) is 24.3. The van der Waals surface area contributed by atoms with Gasteiger partial charge in [-0.05, 0) is 43.7 Å². The molecule has 0 saturated carbocycles. The lowest BCUT2D eigenvalue weighted by Gasteiger charge is -2.30. The molecule has 3 N–H and O–H groups in total. The number of methoxy groups -OCH3 is 2. The molecule has 0 aromatic heterocycles. The molecule has 2 amide bonds. The smallest absolute Gasteiger partial charge is 0.338 e. The minimum absolute atomic E-state index is 0.0497. The number of urea groups is 1. The lowest BCUT2D eigenvalue weighted by molar-refractivity contribution is -0.385. The number of carbonyl (C=O) groups is 2. The lowest BCUT2D eigenvalue weighted by Crippen LogP contribution is -2.45. The minimum Gasteiger partial charge on any atom is -0.504 e. The van der Waals surface area contributed by atoms with Crippen LogP contribution in [0.5, 0.6) is 17.2 Å². The number of nitro benzene ring substituents is 1. The second-order valence-corrected chi connectivity index (χ2v) is 7.35. The molecule has 0 bridgehead atoms. The van der Waals surface area contributed by atoms with E-state index in [0.717, 1.165) is 12.1 Å². The number of nitrogens with zero attached hydrogens (tertiary/aromatic N) is 1. The maximum absolute atomic E-state index is 13.1. The number of amides is 2. The third-order valence-corrected chi connectivity index (χ3v) is 4.84. The molecule has 1 aliphatic rings. The molecule has 33 heavy (non-hydrogen) atoms. The summed E-state index contributed by atoms with van der Waals surface area (Å²) in [5, 5.41) is 27.3. The van der Waals surface area contributed by atoms with Crippen LogP contribution in [0.15, 0.2) is 42.0 Å². The zero-order valence-electron chi connectivity index (χ0n) is 18.4. The number of non-ortho nitro benzene ring substituents is 1. The second-order valence-electron chi connectivity index (χ2n) is 7.35. The first-order valence-electron chi connectivity index (χ1n) is 9.88. The molecule has 1 aliphatic heterocycles. The van der Waals surface area contributed by atoms with E-state index in [1.165, 1.54) is 14.2 Å². The van der Waals surface area contributed by atoms with Crippen molar-refractivity contribution in [3.8, 4) is 17.2 Å². The van der Waals surface area contributed by atoms with Crippen molar-refractivity contribution >= 4 is 23.4 Å². The van der Waals surface area contributed by atoms with Crippen LogP contribution in [-0.2, 0) is 9.53 Å². The maximum Gasteiger partial charge on any atom is 0.338 e. The van der Waals surface area contributed by atoms with Gasteiger partial charge in [0.1, 0.15) is 5.75 Å². The molecule has 0 spiro atoms. The highest BCUT2D eigenvalue weighted by Gasteiger charge is 2.37. The maximum atomic E-state index is 13.1. The van der Waals surface area contributed by atoms with Gasteiger partial charge in [0.15, 0.2) is 11.5 Å². The molecule has 0 aliphatic carbocycles. The van der Waals surface area contributed by atoms with Crippen molar-refractivity contribution in [1.82, 2.24) is 10.6 Å². The number of benzene rings is 2. The Hall–Kier alpha value is -4.28. The van der Waals surface area contributed by atoms with E-state index < -0.39 is 40.5 Å². The topological polar surface area (TPSA) is 149 Å². The molecular formula is C22H23N3O8. The van der Waals surface area contributed by atoms with Gasteiger partial charge in [-0.2, -0.15) is 0 Å². The third kappa shape index (κ3) is 4.81. The summed E-state index contributed by atoms with van der Waals surface area (Å²) in [6.07, 6.45) is -0.492. The van der Waals surface area contributed by atoms with Gasteiger partial charge in [0, 0.05) is 11.6 Å². The Morgan fingerprint density at radius 2 is 1.82 bits per heavy atom. The number of hydrogen-bond donors (Lipinski definition) is 3. The van der Waals surface area contributed by atoms with Crippen LogP contribution in [0.2, 0.25) is 0 Å². The number of hydrogen-bond acceptors (Lipinski definition) is 8. The molecule has 0 saturated heterocycles. The molecule has 1 heterocycles. The first kappa shape index (κ1) is 23.4. The number of aromatic hydroxyl groups is 1. The van der Waals surface area contributed by atoms with E-state index in [9.17, 15) is 24.8 Å². The zero-order valence-corrected chi connectivity index (χ0v) is 18.4. The summed E-state index contributed by atoms with van der Waals surface area (Å²) < 4.78 is 15.6. The molecule has 2 aromatic rings. The SMILES string of the molecule is COc1ccc(C2=C(C(=O)OC(C)C)C(c3cc([N+](=O)[O-])cc(OC)c3O)NC(=O)N2)cc1. The molecule has 1 unspecified atom stereocenters. The van der Waals surface area contributed by atoms with Gasteiger partial charge >= 0.3 is 12.0 Å². The van der Waals surface area contributed by atoms with Gasteiger partial charge < -0.3 is 30.0 Å². The van der Waals surface area contributed by atoms with Gasteiger partial charge in [-0.1, -0.05) is 0 Å². The summed E-state index contributed by atoms with van der Waals surface area (Å²) in [6.45, 7) is 3.31. The van der Waals surface area contributed by atoms with Crippen molar-refractivity contribution in [3.05, 3.63) is 63.2 Å². The van der Waals surface area contributed by atoms with Gasteiger partial charge in [0.05, 0.1) is 48.6 Å². The van der Waals surface area contributed by atoms with E-state index >= 15 is 0 Å². The minimum atomic E-state index is -1.27. The normalized spacial score (nSPS) is 15.5. The van der Waals surface area contributed by atoms with Gasteiger partial charge in [0.2, 0.25) is 0 Å². The van der Waals surface area contributed by atoms with Gasteiger partial charge in [0.25, 0.3) is 5.69 Å². The molecule has 11 heteroatoms. The van der Waals surface area contributed by atoms with E-state index in [-0.39, 0.29) is 22.6 Å². The van der Waals surface area contributed by atoms with Crippen molar-refractivity contribution in [1.29, 1.82) is 0 Å². The highest BCUT2D eigenvalue weighted by molar-refractivity contribution is 6.05. The van der Waals surface area contributed by atoms with Crippen molar-refractivity contribution in [2.75, 3.05) is 14.2 Å². The van der Waals surface area contributed by atoms with E-state index in [4.69, 9.17) is 14.2 Å². The van der Waals surface area contributed by atoms with Gasteiger partial charge in [-0.3, -0.25) is 10.1 Å². The molecular weight excluding hydrogens is 434 g/mol. The molecule has 11 nitrogen and oxygen atoms in total. The number of ether oxygens (including phenoxy) is 3. The summed E-state index contributed by atoms with van der Waals surface area (Å²) in [6, 6.07) is 6.72. The van der Waals surface area contributed by atoms with Gasteiger partial charge in [-0.15, -0.1) is 0 Å². The van der Waals surface area contributed by atoms with Crippen LogP contribution in [0.1, 0.15) is 31.0 Å². The van der Waals surface area contributed by atoms with Crippen molar-refractivity contribution in [2.45, 2.75) is 26.0 Å². The fourth-order valence-corrected chi connectivity index (χ4v) is 3.38. The van der Waals surface area contributed by atoms with Crippen molar-refractivity contribution < 1.29 is 33.8 Å². The van der Waals surface area contributed by atoms with Crippen molar-refractivity contribution in [2.24, 2.45) is 0 Å². The fourth-order valence-electron chi connectivity index (χ4n) is 3.38. The third-order valence-electron chi connectivity index (χ3n) is 4.84. The molecule has 2 aromatic carbocycles. The number of nitro groups is 1. The van der Waals surface area contributed by atoms with Crippen LogP contribution < -0.4 is 20.1 Å². The summed E-state index contributed by atoms with van der Waals surface area (Å²) >= 11 is 0. The molecule has 174 valence electrons. The lowest BCUT2D eigenvalue weighted by atomic mass is 9.91. The fraction of sp³-hybridized carbons (Fsp3) is 0.273. The number of nitrogens with one attached hydrogen (secondary N) is 2. The average molecular weight is 457 g/mol. The molecule has 3 rings (SSSR count). The van der Waals surface area contributed by atoms with Crippen molar-refractivity contribution in [3.63, 3.8) is 0 Å². The highest BCUT2D eigenvalue weighted by atomic mass is 16.6. The van der Waals surface area contributed by atoms with Crippen LogP contribution >= 0.6 is 0 Å². The highest BCUT2D eigenvalue weighted by Crippen LogP contribution is 2.42. The molecule has 0 fully saturated rings. The summed E-state index contributed by atoms with van der Waals surface area (Å²) in [5.74, 6) is -0.865. The Kier molecular flexibility index (Phi) is 6.71. The number of phenolic OH excluding ortho intramolecular Hbond substituents is 1. The predicted octanol–water partition coefficient (Wildman–Crippen LogP) is 3.03. The Balaban J connectivity index is 2.28. The van der Waals surface area contributed by atoms with Crippen LogP contribution in [0.25, 0.3) is 5.70 Å². The number of esters is 1. The Morgan fingerprint density at radius 1 is 1.15 bits per heavy atom. The summed E-state index contributed by atoms with van der Waals surface area (Å²) in [4.78, 5) is 36.5. The average Bonchev–Trinajstić information content (AvgIpc) is 2.78. The first-order chi connectivity index (χ1) is 15.7. The Morgan fingerprint density at radius 3 is 2.36 bits per heavy atom. The quantitative estimate of drug-likeness (QED) is 0.326. The summed E-state index contributed by atoms with van der Waals surface area (Å²) in [7, 11) is 2.73. The van der Waals surface area contributed by atoms with E-state index in [1.807, 2.05) is 0 Å². The van der Waals surface area contributed by atoms with E-state index in [0.29, 0.717) is 11.3 Å². The van der Waals surface area contributed by atoms with Gasteiger partial charge in [-0.25, -0.2) is 9.59 Å². The molecule has 1 atom stereocenters. The van der Waals surface area contributed by atoms with Crippen LogP contribution in [0.3, 0.4) is 0 Å².